The Morgan fingerprint density at radius 2 is 2.00 bits per heavy atom. The Labute approximate surface area is 106 Å². The van der Waals surface area contributed by atoms with Gasteiger partial charge in [-0.3, -0.25) is 0 Å². The first-order valence-electron chi connectivity index (χ1n) is 5.67. The Morgan fingerprint density at radius 3 is 2.56 bits per heavy atom. The van der Waals surface area contributed by atoms with Gasteiger partial charge in [-0.05, 0) is 36.7 Å². The molecular formula is C12H17F2NO2S. The number of hydrogen-bond acceptors (Lipinski definition) is 3. The summed E-state index contributed by atoms with van der Waals surface area (Å²) in [5, 5.41) is 2.97. The topological polar surface area (TPSA) is 46.2 Å². The summed E-state index contributed by atoms with van der Waals surface area (Å²) < 4.78 is 49.0. The third-order valence-electron chi connectivity index (χ3n) is 2.47. The first-order valence-corrected chi connectivity index (χ1v) is 7.73. The van der Waals surface area contributed by atoms with Crippen LogP contribution in [0.5, 0.6) is 0 Å². The third kappa shape index (κ3) is 5.10. The van der Waals surface area contributed by atoms with E-state index < -0.39 is 27.5 Å². The molecule has 0 aliphatic carbocycles. The lowest BCUT2D eigenvalue weighted by molar-refractivity contribution is 0.524. The van der Waals surface area contributed by atoms with Crippen molar-refractivity contribution < 1.29 is 17.2 Å². The molecule has 1 rings (SSSR count). The molecule has 1 atom stereocenters. The molecule has 0 heterocycles. The summed E-state index contributed by atoms with van der Waals surface area (Å²) in [5.74, 6) is -1.15. The summed E-state index contributed by atoms with van der Waals surface area (Å²) >= 11 is 0. The smallest absolute Gasteiger partial charge is 0.148 e. The van der Waals surface area contributed by atoms with Crippen LogP contribution in [0.25, 0.3) is 0 Å². The minimum atomic E-state index is -3.17. The summed E-state index contributed by atoms with van der Waals surface area (Å²) in [6.07, 6.45) is 1.27. The number of rotatable bonds is 6. The molecule has 3 nitrogen and oxygen atoms in total. The lowest BCUT2D eigenvalue weighted by Gasteiger charge is -2.17. The normalized spacial score (nSPS) is 13.6. The van der Waals surface area contributed by atoms with Crippen molar-refractivity contribution in [1.29, 1.82) is 0 Å². The minimum absolute atomic E-state index is 0.100. The zero-order valence-electron chi connectivity index (χ0n) is 10.4. The van der Waals surface area contributed by atoms with Crippen molar-refractivity contribution in [2.45, 2.75) is 19.4 Å². The Kier molecular flexibility index (Phi) is 5.22. The van der Waals surface area contributed by atoms with E-state index in [-0.39, 0.29) is 17.7 Å². The monoisotopic (exact) mass is 277 g/mol. The maximum Gasteiger partial charge on any atom is 0.148 e. The molecular weight excluding hydrogens is 260 g/mol. The van der Waals surface area contributed by atoms with Crippen LogP contribution in [0, 0.1) is 11.6 Å². The van der Waals surface area contributed by atoms with Crippen molar-refractivity contribution in [2.24, 2.45) is 0 Å². The molecule has 6 heteroatoms. The Hall–Kier alpha value is -1.01. The van der Waals surface area contributed by atoms with Crippen LogP contribution in [0.3, 0.4) is 0 Å². The van der Waals surface area contributed by atoms with Crippen molar-refractivity contribution >= 4 is 9.84 Å². The van der Waals surface area contributed by atoms with Crippen LogP contribution in [-0.4, -0.2) is 33.0 Å². The lowest BCUT2D eigenvalue weighted by atomic mass is 10.1. The SMILES string of the molecule is CCNC(Cc1cc(F)ccc1F)CS(C)(=O)=O. The number of benzene rings is 1. The Morgan fingerprint density at radius 1 is 1.33 bits per heavy atom. The number of halogens is 2. The van der Waals surface area contributed by atoms with E-state index in [1.807, 2.05) is 6.92 Å². The third-order valence-corrected chi connectivity index (χ3v) is 3.48. The van der Waals surface area contributed by atoms with Gasteiger partial charge >= 0.3 is 0 Å². The van der Waals surface area contributed by atoms with Crippen LogP contribution < -0.4 is 5.32 Å². The van der Waals surface area contributed by atoms with Crippen LogP contribution in [0.2, 0.25) is 0 Å². The molecule has 1 unspecified atom stereocenters. The molecule has 0 saturated carbocycles. The molecule has 0 bridgehead atoms. The molecule has 1 aromatic rings. The minimum Gasteiger partial charge on any atom is -0.313 e. The molecule has 1 aromatic carbocycles. The van der Waals surface area contributed by atoms with Gasteiger partial charge in [-0.15, -0.1) is 0 Å². The fraction of sp³-hybridized carbons (Fsp3) is 0.500. The molecule has 0 aromatic heterocycles. The van der Waals surface area contributed by atoms with Gasteiger partial charge in [-0.1, -0.05) is 6.92 Å². The molecule has 0 amide bonds. The predicted octanol–water partition coefficient (Wildman–Crippen LogP) is 1.53. The summed E-state index contributed by atoms with van der Waals surface area (Å²) in [6, 6.07) is 2.77. The van der Waals surface area contributed by atoms with E-state index in [0.717, 1.165) is 24.5 Å². The summed E-state index contributed by atoms with van der Waals surface area (Å²) in [5.41, 5.74) is 0.185. The molecule has 0 aliphatic heterocycles. The lowest BCUT2D eigenvalue weighted by Crippen LogP contribution is -2.37. The van der Waals surface area contributed by atoms with Crippen molar-refractivity contribution in [3.05, 3.63) is 35.4 Å². The van der Waals surface area contributed by atoms with Crippen LogP contribution >= 0.6 is 0 Å². The van der Waals surface area contributed by atoms with Gasteiger partial charge in [0.05, 0.1) is 5.75 Å². The van der Waals surface area contributed by atoms with Gasteiger partial charge < -0.3 is 5.32 Å². The summed E-state index contributed by atoms with van der Waals surface area (Å²) in [4.78, 5) is 0. The molecule has 0 fully saturated rings. The number of sulfone groups is 1. The fourth-order valence-electron chi connectivity index (χ4n) is 1.81. The average molecular weight is 277 g/mol. The second-order valence-electron chi connectivity index (χ2n) is 4.29. The first-order chi connectivity index (χ1) is 8.31. The van der Waals surface area contributed by atoms with E-state index in [0.29, 0.717) is 6.54 Å². The molecule has 0 spiro atoms. The fourth-order valence-corrected chi connectivity index (χ4v) is 2.78. The van der Waals surface area contributed by atoms with Crippen LogP contribution in [0.1, 0.15) is 12.5 Å². The molecule has 0 radical (unpaired) electrons. The molecule has 0 aliphatic rings. The van der Waals surface area contributed by atoms with Gasteiger partial charge in [0, 0.05) is 12.3 Å². The van der Waals surface area contributed by atoms with E-state index in [4.69, 9.17) is 0 Å². The Bertz CT molecular complexity index is 503. The highest BCUT2D eigenvalue weighted by atomic mass is 32.2. The van der Waals surface area contributed by atoms with Crippen molar-refractivity contribution in [2.75, 3.05) is 18.6 Å². The van der Waals surface area contributed by atoms with Gasteiger partial charge in [0.1, 0.15) is 21.5 Å². The highest BCUT2D eigenvalue weighted by molar-refractivity contribution is 7.90. The molecule has 0 saturated heterocycles. The standard InChI is InChI=1S/C12H17F2NO2S/c1-3-15-11(8-18(2,16)17)7-9-6-10(13)4-5-12(9)14/h4-6,11,15H,3,7-8H2,1-2H3. The highest BCUT2D eigenvalue weighted by Gasteiger charge is 2.17. The zero-order chi connectivity index (χ0) is 13.8. The summed E-state index contributed by atoms with van der Waals surface area (Å²) in [7, 11) is -3.17. The van der Waals surface area contributed by atoms with Crippen LogP contribution in [-0.2, 0) is 16.3 Å². The molecule has 1 N–H and O–H groups in total. The second-order valence-corrected chi connectivity index (χ2v) is 6.47. The van der Waals surface area contributed by atoms with E-state index in [9.17, 15) is 17.2 Å². The second kappa shape index (κ2) is 6.24. The first kappa shape index (κ1) is 15.0. The van der Waals surface area contributed by atoms with Gasteiger partial charge in [0.25, 0.3) is 0 Å². The summed E-state index contributed by atoms with van der Waals surface area (Å²) in [6.45, 7) is 2.40. The quantitative estimate of drug-likeness (QED) is 0.857. The van der Waals surface area contributed by atoms with Gasteiger partial charge in [0.15, 0.2) is 0 Å². The van der Waals surface area contributed by atoms with Crippen LogP contribution in [0.4, 0.5) is 8.78 Å². The van der Waals surface area contributed by atoms with E-state index in [1.54, 1.807) is 0 Å². The van der Waals surface area contributed by atoms with E-state index in [1.165, 1.54) is 0 Å². The van der Waals surface area contributed by atoms with Gasteiger partial charge in [0.2, 0.25) is 0 Å². The maximum absolute atomic E-state index is 13.5. The average Bonchev–Trinajstić information content (AvgIpc) is 2.21. The van der Waals surface area contributed by atoms with E-state index in [2.05, 4.69) is 5.32 Å². The number of hydrogen-bond donors (Lipinski definition) is 1. The molecule has 18 heavy (non-hydrogen) atoms. The van der Waals surface area contributed by atoms with Crippen LogP contribution in [0.15, 0.2) is 18.2 Å². The van der Waals surface area contributed by atoms with E-state index >= 15 is 0 Å². The van der Waals surface area contributed by atoms with Crippen molar-refractivity contribution in [1.82, 2.24) is 5.32 Å². The number of likely N-dealkylation sites (N-methyl/N-ethyl adjacent to an activating group) is 1. The maximum atomic E-state index is 13.5. The van der Waals surface area contributed by atoms with Gasteiger partial charge in [-0.25, -0.2) is 17.2 Å². The van der Waals surface area contributed by atoms with Crippen molar-refractivity contribution in [3.63, 3.8) is 0 Å². The number of nitrogens with one attached hydrogen (secondary N) is 1. The van der Waals surface area contributed by atoms with Gasteiger partial charge in [-0.2, -0.15) is 0 Å². The predicted molar refractivity (Wildman–Crippen MR) is 67.2 cm³/mol. The Balaban J connectivity index is 2.85. The zero-order valence-corrected chi connectivity index (χ0v) is 11.2. The molecule has 102 valence electrons. The largest absolute Gasteiger partial charge is 0.313 e. The highest BCUT2D eigenvalue weighted by Crippen LogP contribution is 2.12. The van der Waals surface area contributed by atoms with Crippen molar-refractivity contribution in [3.8, 4) is 0 Å².